The molecule has 6 nitrogen and oxygen atoms in total. The first-order valence-corrected chi connectivity index (χ1v) is 6.78. The predicted molar refractivity (Wildman–Crippen MR) is 69.4 cm³/mol. The summed E-state index contributed by atoms with van der Waals surface area (Å²) >= 11 is 0. The van der Waals surface area contributed by atoms with Gasteiger partial charge in [0, 0.05) is 25.9 Å². The molecule has 116 valence electrons. The van der Waals surface area contributed by atoms with Gasteiger partial charge in [-0.1, -0.05) is 26.2 Å². The van der Waals surface area contributed by atoms with E-state index in [9.17, 15) is 20.1 Å². The van der Waals surface area contributed by atoms with E-state index >= 15 is 0 Å². The van der Waals surface area contributed by atoms with E-state index < -0.39 is 37.0 Å². The number of hydrogen-bond acceptors (Lipinski definition) is 6. The molecule has 0 saturated heterocycles. The number of aliphatic hydroxyl groups excluding tert-OH is 4. The zero-order chi connectivity index (χ0) is 14.8. The topological polar surface area (TPSA) is 107 Å². The Morgan fingerprint density at radius 2 is 1.70 bits per heavy atom. The summed E-state index contributed by atoms with van der Waals surface area (Å²) in [5, 5.41) is 36.9. The van der Waals surface area contributed by atoms with Crippen LogP contribution >= 0.6 is 0 Å². The van der Waals surface area contributed by atoms with Gasteiger partial charge >= 0.3 is 5.97 Å². The van der Waals surface area contributed by atoms with Crippen LogP contribution < -0.4 is 0 Å². The van der Waals surface area contributed by atoms with Crippen LogP contribution in [-0.2, 0) is 29.0 Å². The minimum Gasteiger partial charge on any atom is -0.460 e. The van der Waals surface area contributed by atoms with Crippen molar-refractivity contribution in [2.24, 2.45) is 0 Å². The minimum atomic E-state index is -1.55. The second-order valence-corrected chi connectivity index (χ2v) is 4.74. The molecule has 0 amide bonds. The van der Waals surface area contributed by atoms with Gasteiger partial charge in [0.15, 0.2) is 0 Å². The van der Waals surface area contributed by atoms with Gasteiger partial charge in [-0.05, 0) is 13.3 Å². The Labute approximate surface area is 132 Å². The summed E-state index contributed by atoms with van der Waals surface area (Å²) in [4.78, 5) is 11.5. The van der Waals surface area contributed by atoms with Crippen LogP contribution in [0.2, 0.25) is 0 Å². The van der Waals surface area contributed by atoms with Gasteiger partial charge in [-0.15, -0.1) is 0 Å². The van der Waals surface area contributed by atoms with Crippen LogP contribution in [0.15, 0.2) is 0 Å². The Balaban J connectivity index is 0. The van der Waals surface area contributed by atoms with Crippen molar-refractivity contribution in [3.8, 4) is 0 Å². The monoisotopic (exact) mass is 342 g/mol. The summed E-state index contributed by atoms with van der Waals surface area (Å²) in [5.41, 5.74) is 0. The normalized spacial score (nSPS) is 16.7. The zero-order valence-electron chi connectivity index (χ0n) is 12.4. The molecule has 0 bridgehead atoms. The van der Waals surface area contributed by atoms with Crippen LogP contribution in [0.5, 0.6) is 0 Å². The Morgan fingerprint density at radius 1 is 1.10 bits per heavy atom. The van der Waals surface area contributed by atoms with Crippen LogP contribution in [0, 0.1) is 0 Å². The van der Waals surface area contributed by atoms with Crippen LogP contribution in [0.25, 0.3) is 0 Å². The molecule has 0 heterocycles. The summed E-state index contributed by atoms with van der Waals surface area (Å²) < 4.78 is 4.97. The van der Waals surface area contributed by atoms with Crippen LogP contribution in [0.1, 0.15) is 46.0 Å². The molecule has 0 spiro atoms. The third-order valence-corrected chi connectivity index (χ3v) is 2.96. The number of hydrogen-bond donors (Lipinski definition) is 4. The number of carbonyl (C=O) groups is 1. The number of ether oxygens (including phenoxy) is 1. The number of rotatable bonds is 10. The van der Waals surface area contributed by atoms with E-state index in [1.165, 1.54) is 6.92 Å². The maximum atomic E-state index is 11.5. The summed E-state index contributed by atoms with van der Waals surface area (Å²) in [6.45, 7) is 2.84. The van der Waals surface area contributed by atoms with E-state index in [0.29, 0.717) is 0 Å². The van der Waals surface area contributed by atoms with Crippen molar-refractivity contribution in [2.45, 2.75) is 70.4 Å². The van der Waals surface area contributed by atoms with E-state index in [0.717, 1.165) is 25.7 Å². The molecule has 7 heteroatoms. The second kappa shape index (κ2) is 12.7. The fourth-order valence-electron chi connectivity index (χ4n) is 1.65. The predicted octanol–water partition coefficient (Wildman–Crippen LogP) is -0.0390. The fourth-order valence-corrected chi connectivity index (χ4v) is 1.65. The molecule has 0 aliphatic heterocycles. The van der Waals surface area contributed by atoms with Crippen molar-refractivity contribution in [2.75, 3.05) is 6.61 Å². The van der Waals surface area contributed by atoms with Gasteiger partial charge in [0.25, 0.3) is 0 Å². The van der Waals surface area contributed by atoms with Crippen molar-refractivity contribution >= 4 is 5.97 Å². The van der Waals surface area contributed by atoms with E-state index in [4.69, 9.17) is 9.84 Å². The maximum Gasteiger partial charge on any atom is 0.306 e. The molecule has 0 unspecified atom stereocenters. The average Bonchev–Trinajstić information content (AvgIpc) is 2.40. The molecule has 0 aliphatic carbocycles. The first-order valence-electron chi connectivity index (χ1n) is 6.78. The largest absolute Gasteiger partial charge is 0.460 e. The van der Waals surface area contributed by atoms with Gasteiger partial charge < -0.3 is 25.2 Å². The van der Waals surface area contributed by atoms with Crippen molar-refractivity contribution < 1.29 is 49.4 Å². The van der Waals surface area contributed by atoms with Gasteiger partial charge in [0.2, 0.25) is 0 Å². The summed E-state index contributed by atoms with van der Waals surface area (Å²) in [7, 11) is 0. The molecular weight excluding hydrogens is 318 g/mol. The van der Waals surface area contributed by atoms with E-state index in [2.05, 4.69) is 6.92 Å². The summed E-state index contributed by atoms with van der Waals surface area (Å²) in [5.74, 6) is -0.437. The smallest absolute Gasteiger partial charge is 0.306 e. The Hall–Kier alpha value is -0.0666. The molecule has 0 aliphatic rings. The van der Waals surface area contributed by atoms with Gasteiger partial charge in [-0.2, -0.15) is 0 Å². The SMILES string of the molecule is CCCCCCC(=O)O[C@@H](C)[C@@H](O)[C@H](O)[C@H](O)CO.[Zn]. The first kappa shape index (κ1) is 22.2. The zero-order valence-corrected chi connectivity index (χ0v) is 15.3. The molecule has 0 aromatic carbocycles. The fraction of sp³-hybridized carbons (Fsp3) is 0.923. The third kappa shape index (κ3) is 8.98. The number of aliphatic hydroxyl groups is 4. The standard InChI is InChI=1S/C13H26O6.Zn/c1-3-4-5-6-7-11(16)19-9(2)12(17)13(18)10(15)8-14;/h9-10,12-15,17-18H,3-8H2,1-2H3;/t9-,10+,12+,13+;/m0./s1. The molecular formula is C13H26O6Zn. The van der Waals surface area contributed by atoms with E-state index in [-0.39, 0.29) is 25.9 Å². The Kier molecular flexibility index (Phi) is 14.1. The van der Waals surface area contributed by atoms with Gasteiger partial charge in [0.1, 0.15) is 24.4 Å². The number of unbranched alkanes of at least 4 members (excludes halogenated alkanes) is 3. The van der Waals surface area contributed by atoms with Gasteiger partial charge in [0.05, 0.1) is 6.61 Å². The van der Waals surface area contributed by atoms with Crippen LogP contribution in [0.3, 0.4) is 0 Å². The molecule has 0 aromatic heterocycles. The first-order chi connectivity index (χ1) is 8.93. The number of esters is 1. The maximum absolute atomic E-state index is 11.5. The molecule has 0 rings (SSSR count). The molecule has 4 atom stereocenters. The van der Waals surface area contributed by atoms with E-state index in [1.807, 2.05) is 0 Å². The Bertz CT molecular complexity index is 251. The van der Waals surface area contributed by atoms with Gasteiger partial charge in [-0.3, -0.25) is 4.79 Å². The van der Waals surface area contributed by atoms with Crippen LogP contribution in [0.4, 0.5) is 0 Å². The van der Waals surface area contributed by atoms with Crippen LogP contribution in [-0.4, -0.2) is 57.4 Å². The molecule has 4 N–H and O–H groups in total. The molecule has 0 saturated carbocycles. The van der Waals surface area contributed by atoms with Crippen molar-refractivity contribution in [3.05, 3.63) is 0 Å². The Morgan fingerprint density at radius 3 is 2.20 bits per heavy atom. The summed E-state index contributed by atoms with van der Waals surface area (Å²) in [6.07, 6.45) is -1.27. The van der Waals surface area contributed by atoms with Gasteiger partial charge in [-0.25, -0.2) is 0 Å². The summed E-state index contributed by atoms with van der Waals surface area (Å²) in [6, 6.07) is 0. The quantitative estimate of drug-likeness (QED) is 0.252. The van der Waals surface area contributed by atoms with Crippen molar-refractivity contribution in [1.29, 1.82) is 0 Å². The van der Waals surface area contributed by atoms with E-state index in [1.54, 1.807) is 0 Å². The molecule has 0 radical (unpaired) electrons. The van der Waals surface area contributed by atoms with Crippen molar-refractivity contribution in [1.82, 2.24) is 0 Å². The second-order valence-electron chi connectivity index (χ2n) is 4.74. The third-order valence-electron chi connectivity index (χ3n) is 2.96. The molecule has 20 heavy (non-hydrogen) atoms. The average molecular weight is 344 g/mol. The molecule has 0 aromatic rings. The van der Waals surface area contributed by atoms with Crippen molar-refractivity contribution in [3.63, 3.8) is 0 Å². The minimum absolute atomic E-state index is 0. The number of carbonyl (C=O) groups excluding carboxylic acids is 1. The molecule has 0 fully saturated rings.